The number of hydrogen-bond donors (Lipinski definition) is 0. The Morgan fingerprint density at radius 2 is 2.08 bits per heavy atom. The zero-order chi connectivity index (χ0) is 17.7. The van der Waals surface area contributed by atoms with Gasteiger partial charge in [-0.1, -0.05) is 22.9 Å². The number of nitrogens with zero attached hydrogens (tertiary/aromatic N) is 3. The second kappa shape index (κ2) is 6.03. The van der Waals surface area contributed by atoms with Crippen LogP contribution in [0.15, 0.2) is 28.9 Å². The zero-order valence-corrected chi connectivity index (χ0v) is 15.8. The first-order valence-corrected chi connectivity index (χ1v) is 9.15. The van der Waals surface area contributed by atoms with E-state index >= 15 is 0 Å². The van der Waals surface area contributed by atoms with Crippen molar-refractivity contribution in [2.45, 2.75) is 46.1 Å². The van der Waals surface area contributed by atoms with Crippen LogP contribution in [0.25, 0.3) is 5.57 Å². The highest BCUT2D eigenvalue weighted by Gasteiger charge is 2.40. The molecule has 0 radical (unpaired) electrons. The minimum atomic E-state index is 0.545. The van der Waals surface area contributed by atoms with Crippen LogP contribution in [0, 0.1) is 20.8 Å². The molecule has 0 spiro atoms. The molecule has 1 saturated heterocycles. The Kier molecular flexibility index (Phi) is 3.95. The quantitative estimate of drug-likeness (QED) is 0.819. The van der Waals surface area contributed by atoms with Gasteiger partial charge < -0.3 is 14.3 Å². The number of anilines is 1. The molecule has 0 aliphatic carbocycles. The van der Waals surface area contributed by atoms with E-state index in [1.54, 1.807) is 0 Å². The standard InChI is InChI=1S/C21H27N3O/c1-13-6-7-19-17(10-13)18-12-23(5)9-8-20(18)24(19)11-14(2)21-15(3)22-25-16(21)4/h6-7,10-11,18,20H,8-9,12H2,1-5H3/b14-11+. The van der Waals surface area contributed by atoms with Gasteiger partial charge in [0.1, 0.15) is 5.76 Å². The number of likely N-dealkylation sites (tertiary alicyclic amines) is 1. The third kappa shape index (κ3) is 2.69. The molecular formula is C21H27N3O. The van der Waals surface area contributed by atoms with Crippen LogP contribution in [0.4, 0.5) is 5.69 Å². The molecule has 2 aliphatic rings. The average molecular weight is 337 g/mol. The molecule has 0 bridgehead atoms. The van der Waals surface area contributed by atoms with Crippen molar-refractivity contribution in [1.82, 2.24) is 10.1 Å². The summed E-state index contributed by atoms with van der Waals surface area (Å²) < 4.78 is 5.37. The Morgan fingerprint density at radius 3 is 2.80 bits per heavy atom. The molecule has 2 atom stereocenters. The number of aromatic nitrogens is 1. The number of allylic oxidation sites excluding steroid dienone is 1. The van der Waals surface area contributed by atoms with Gasteiger partial charge in [0.05, 0.1) is 5.69 Å². The van der Waals surface area contributed by atoms with E-state index in [2.05, 4.69) is 60.3 Å². The lowest BCUT2D eigenvalue weighted by Crippen LogP contribution is -2.43. The van der Waals surface area contributed by atoms with Gasteiger partial charge in [0.25, 0.3) is 0 Å². The van der Waals surface area contributed by atoms with Gasteiger partial charge in [0.15, 0.2) is 0 Å². The van der Waals surface area contributed by atoms with Gasteiger partial charge in [0, 0.05) is 36.0 Å². The van der Waals surface area contributed by atoms with Gasteiger partial charge in [0.2, 0.25) is 0 Å². The summed E-state index contributed by atoms with van der Waals surface area (Å²) in [5, 5.41) is 4.12. The first-order chi connectivity index (χ1) is 12.0. The van der Waals surface area contributed by atoms with E-state index < -0.39 is 0 Å². The number of rotatable bonds is 2. The van der Waals surface area contributed by atoms with Gasteiger partial charge in [-0.25, -0.2) is 0 Å². The summed E-state index contributed by atoms with van der Waals surface area (Å²) in [7, 11) is 2.24. The van der Waals surface area contributed by atoms with E-state index in [1.807, 2.05) is 13.8 Å². The molecular weight excluding hydrogens is 310 g/mol. The first-order valence-electron chi connectivity index (χ1n) is 9.15. The smallest absolute Gasteiger partial charge is 0.141 e. The van der Waals surface area contributed by atoms with Crippen LogP contribution in [0.2, 0.25) is 0 Å². The fraction of sp³-hybridized carbons (Fsp3) is 0.476. The fourth-order valence-corrected chi connectivity index (χ4v) is 4.61. The number of piperidine rings is 1. The highest BCUT2D eigenvalue weighted by molar-refractivity contribution is 5.73. The minimum Gasteiger partial charge on any atom is -0.361 e. The summed E-state index contributed by atoms with van der Waals surface area (Å²) >= 11 is 0. The van der Waals surface area contributed by atoms with Crippen LogP contribution in [-0.4, -0.2) is 36.2 Å². The maximum atomic E-state index is 5.37. The van der Waals surface area contributed by atoms with Crippen molar-refractivity contribution in [3.05, 3.63) is 52.5 Å². The second-order valence-corrected chi connectivity index (χ2v) is 7.71. The van der Waals surface area contributed by atoms with Crippen molar-refractivity contribution in [2.24, 2.45) is 0 Å². The molecule has 2 aliphatic heterocycles. The van der Waals surface area contributed by atoms with Crippen molar-refractivity contribution in [1.29, 1.82) is 0 Å². The molecule has 0 N–H and O–H groups in total. The number of benzene rings is 1. The fourth-order valence-electron chi connectivity index (χ4n) is 4.61. The summed E-state index contributed by atoms with van der Waals surface area (Å²) in [5.74, 6) is 1.48. The lowest BCUT2D eigenvalue weighted by molar-refractivity contribution is 0.235. The van der Waals surface area contributed by atoms with Crippen LogP contribution in [0.3, 0.4) is 0 Å². The molecule has 1 aromatic carbocycles. The number of hydrogen-bond acceptors (Lipinski definition) is 4. The van der Waals surface area contributed by atoms with Gasteiger partial charge in [-0.3, -0.25) is 0 Å². The Balaban J connectivity index is 1.78. The molecule has 1 fully saturated rings. The van der Waals surface area contributed by atoms with Gasteiger partial charge >= 0.3 is 0 Å². The minimum absolute atomic E-state index is 0.545. The van der Waals surface area contributed by atoms with Gasteiger partial charge in [-0.15, -0.1) is 0 Å². The Hall–Kier alpha value is -2.07. The highest BCUT2D eigenvalue weighted by atomic mass is 16.5. The molecule has 0 amide bonds. The molecule has 3 heterocycles. The lowest BCUT2D eigenvalue weighted by Gasteiger charge is -2.36. The van der Waals surface area contributed by atoms with E-state index in [1.165, 1.54) is 28.8 Å². The van der Waals surface area contributed by atoms with E-state index in [9.17, 15) is 0 Å². The molecule has 2 unspecified atom stereocenters. The van der Waals surface area contributed by atoms with Crippen LogP contribution in [0.5, 0.6) is 0 Å². The number of likely N-dealkylation sites (N-methyl/N-ethyl adjacent to an activating group) is 1. The van der Waals surface area contributed by atoms with Crippen molar-refractivity contribution < 1.29 is 4.52 Å². The maximum Gasteiger partial charge on any atom is 0.141 e. The molecule has 4 rings (SSSR count). The number of fused-ring (bicyclic) bond motifs is 3. The Labute approximate surface area is 150 Å². The van der Waals surface area contributed by atoms with Crippen LogP contribution < -0.4 is 4.90 Å². The average Bonchev–Trinajstić information content (AvgIpc) is 3.05. The van der Waals surface area contributed by atoms with E-state index in [4.69, 9.17) is 4.52 Å². The normalized spacial score (nSPS) is 23.7. The molecule has 0 saturated carbocycles. The zero-order valence-electron chi connectivity index (χ0n) is 15.8. The molecule has 1 aromatic heterocycles. The summed E-state index contributed by atoms with van der Waals surface area (Å²) in [6.45, 7) is 10.7. The largest absolute Gasteiger partial charge is 0.361 e. The van der Waals surface area contributed by atoms with E-state index in [0.29, 0.717) is 12.0 Å². The molecule has 25 heavy (non-hydrogen) atoms. The first kappa shape index (κ1) is 16.4. The van der Waals surface area contributed by atoms with Crippen molar-refractivity contribution in [3.8, 4) is 0 Å². The Morgan fingerprint density at radius 1 is 1.28 bits per heavy atom. The second-order valence-electron chi connectivity index (χ2n) is 7.71. The van der Waals surface area contributed by atoms with Gasteiger partial charge in [-0.05, 0) is 64.9 Å². The summed E-state index contributed by atoms with van der Waals surface area (Å²) in [4.78, 5) is 4.97. The summed E-state index contributed by atoms with van der Waals surface area (Å²) in [5.41, 5.74) is 7.54. The predicted molar refractivity (Wildman–Crippen MR) is 102 cm³/mol. The van der Waals surface area contributed by atoms with E-state index in [-0.39, 0.29) is 0 Å². The Bertz CT molecular complexity index is 816. The van der Waals surface area contributed by atoms with Crippen LogP contribution in [0.1, 0.15) is 47.4 Å². The summed E-state index contributed by atoms with van der Waals surface area (Å²) in [6.07, 6.45) is 3.51. The maximum absolute atomic E-state index is 5.37. The van der Waals surface area contributed by atoms with Crippen LogP contribution >= 0.6 is 0 Å². The summed E-state index contributed by atoms with van der Waals surface area (Å²) in [6, 6.07) is 7.44. The number of aryl methyl sites for hydroxylation is 3. The predicted octanol–water partition coefficient (Wildman–Crippen LogP) is 4.27. The van der Waals surface area contributed by atoms with Crippen LogP contribution in [-0.2, 0) is 0 Å². The SMILES string of the molecule is C/C(=C\N1c2ccc(C)cc2C2CN(C)CCC21)c1c(C)noc1C. The molecule has 4 heteroatoms. The third-order valence-electron chi connectivity index (χ3n) is 5.76. The highest BCUT2D eigenvalue weighted by Crippen LogP contribution is 2.45. The molecule has 4 nitrogen and oxygen atoms in total. The monoisotopic (exact) mass is 337 g/mol. The van der Waals surface area contributed by atoms with Crippen molar-refractivity contribution in [2.75, 3.05) is 25.0 Å². The van der Waals surface area contributed by atoms with Crippen molar-refractivity contribution in [3.63, 3.8) is 0 Å². The van der Waals surface area contributed by atoms with Gasteiger partial charge in [-0.2, -0.15) is 0 Å². The molecule has 2 aromatic rings. The molecule has 132 valence electrons. The third-order valence-corrected chi connectivity index (χ3v) is 5.76. The lowest BCUT2D eigenvalue weighted by atomic mass is 9.89. The topological polar surface area (TPSA) is 32.5 Å². The van der Waals surface area contributed by atoms with E-state index in [0.717, 1.165) is 30.1 Å². The van der Waals surface area contributed by atoms with Crippen molar-refractivity contribution >= 4 is 11.3 Å².